The highest BCUT2D eigenvalue weighted by Gasteiger charge is 2.08. The number of H-pyrrole nitrogens is 1. The molecule has 0 radical (unpaired) electrons. The Balaban J connectivity index is 2.58. The third kappa shape index (κ3) is 2.17. The smallest absolute Gasteiger partial charge is 0.256 e. The number of nitrogens with one attached hydrogen (secondary N) is 1. The maximum atomic E-state index is 11.8. The van der Waals surface area contributed by atoms with Crippen molar-refractivity contribution in [3.8, 4) is 0 Å². The van der Waals surface area contributed by atoms with Crippen molar-refractivity contribution >= 4 is 23.1 Å². The van der Waals surface area contributed by atoms with E-state index < -0.39 is 5.97 Å². The predicted octanol–water partition coefficient (Wildman–Crippen LogP) is 0.0686. The van der Waals surface area contributed by atoms with Gasteiger partial charge in [0, 0.05) is 17.0 Å². The fraction of sp³-hybridized carbons (Fsp3) is 0.250. The number of carbonyl (C=O) groups excluding carboxylic acids is 1. The maximum absolute atomic E-state index is 11.8. The summed E-state index contributed by atoms with van der Waals surface area (Å²) in [5.41, 5.74) is 0.526. The summed E-state index contributed by atoms with van der Waals surface area (Å²) in [7, 11) is 0. The zero-order chi connectivity index (χ0) is 13.3. The first-order valence-corrected chi connectivity index (χ1v) is 5.48. The summed E-state index contributed by atoms with van der Waals surface area (Å²) < 4.78 is 1.70. The van der Waals surface area contributed by atoms with Gasteiger partial charge in [0.15, 0.2) is 0 Å². The molecule has 18 heavy (non-hydrogen) atoms. The molecule has 94 valence electrons. The molecule has 0 atom stereocenters. The van der Waals surface area contributed by atoms with Crippen molar-refractivity contribution in [3.63, 3.8) is 0 Å². The van der Waals surface area contributed by atoms with Gasteiger partial charge in [0.1, 0.15) is 5.65 Å². The standard InChI is InChI=1S/C12H13N3O3/c1-7(2)15-11-9(6-13-15)5-8(12(18)14-11)3-4-10(16)17/h3-7H,1-2H3,(H,14,18)(H,16,17)/p-1/b4-3+. The molecular formula is C12H12N3O3-. The molecule has 0 bridgehead atoms. The van der Waals surface area contributed by atoms with Crippen molar-refractivity contribution < 1.29 is 9.90 Å². The van der Waals surface area contributed by atoms with Crippen molar-refractivity contribution in [3.05, 3.63) is 34.3 Å². The first-order chi connectivity index (χ1) is 8.49. The average molecular weight is 246 g/mol. The number of aromatic amines is 1. The molecule has 0 amide bonds. The minimum absolute atomic E-state index is 0.128. The molecule has 0 saturated carbocycles. The summed E-state index contributed by atoms with van der Waals surface area (Å²) >= 11 is 0. The van der Waals surface area contributed by atoms with Crippen LogP contribution in [0.25, 0.3) is 17.1 Å². The van der Waals surface area contributed by atoms with Crippen LogP contribution in [0.3, 0.4) is 0 Å². The van der Waals surface area contributed by atoms with E-state index in [2.05, 4.69) is 10.1 Å². The molecule has 2 aromatic rings. The molecule has 0 aromatic carbocycles. The largest absolute Gasteiger partial charge is 0.545 e. The van der Waals surface area contributed by atoms with E-state index in [4.69, 9.17) is 0 Å². The van der Waals surface area contributed by atoms with Crippen molar-refractivity contribution in [2.24, 2.45) is 0 Å². The summed E-state index contributed by atoms with van der Waals surface area (Å²) in [4.78, 5) is 24.8. The Bertz CT molecular complexity index is 679. The minimum Gasteiger partial charge on any atom is -0.545 e. The van der Waals surface area contributed by atoms with Crippen LogP contribution in [-0.4, -0.2) is 20.7 Å². The predicted molar refractivity (Wildman–Crippen MR) is 64.8 cm³/mol. The van der Waals surface area contributed by atoms with Gasteiger partial charge in [-0.15, -0.1) is 0 Å². The van der Waals surface area contributed by atoms with Crippen molar-refractivity contribution in [1.29, 1.82) is 0 Å². The van der Waals surface area contributed by atoms with Crippen molar-refractivity contribution in [2.75, 3.05) is 0 Å². The van der Waals surface area contributed by atoms with Crippen LogP contribution in [0.5, 0.6) is 0 Å². The molecule has 0 aliphatic rings. The third-order valence-corrected chi connectivity index (χ3v) is 2.52. The lowest BCUT2D eigenvalue weighted by molar-refractivity contribution is -0.297. The quantitative estimate of drug-likeness (QED) is 0.776. The summed E-state index contributed by atoms with van der Waals surface area (Å²) in [6, 6.07) is 1.72. The van der Waals surface area contributed by atoms with Crippen LogP contribution < -0.4 is 10.7 Å². The molecule has 0 aliphatic heterocycles. The van der Waals surface area contributed by atoms with Crippen LogP contribution in [0.15, 0.2) is 23.1 Å². The van der Waals surface area contributed by atoms with Gasteiger partial charge >= 0.3 is 0 Å². The lowest BCUT2D eigenvalue weighted by Gasteiger charge is -2.06. The van der Waals surface area contributed by atoms with Crippen LogP contribution in [0.2, 0.25) is 0 Å². The Kier molecular flexibility index (Phi) is 3.01. The fourth-order valence-electron chi connectivity index (χ4n) is 1.70. The van der Waals surface area contributed by atoms with E-state index in [9.17, 15) is 14.7 Å². The Morgan fingerprint density at radius 1 is 1.56 bits per heavy atom. The number of carbonyl (C=O) groups is 1. The SMILES string of the molecule is CC(C)n1ncc2cc(/C=C/C(=O)[O-])c(=O)[nH]c21. The second-order valence-electron chi connectivity index (χ2n) is 4.19. The number of pyridine rings is 1. The number of hydrogen-bond acceptors (Lipinski definition) is 4. The highest BCUT2D eigenvalue weighted by atomic mass is 16.4. The zero-order valence-electron chi connectivity index (χ0n) is 10.0. The summed E-state index contributed by atoms with van der Waals surface area (Å²) in [5.74, 6) is -1.34. The molecule has 0 unspecified atom stereocenters. The number of carboxylic acid groups (broad SMARTS) is 1. The molecule has 0 fully saturated rings. The van der Waals surface area contributed by atoms with Gasteiger partial charge in [0.25, 0.3) is 5.56 Å². The maximum Gasteiger partial charge on any atom is 0.256 e. The lowest BCUT2D eigenvalue weighted by atomic mass is 10.2. The topological polar surface area (TPSA) is 90.8 Å². The van der Waals surface area contributed by atoms with Crippen molar-refractivity contribution in [2.45, 2.75) is 19.9 Å². The van der Waals surface area contributed by atoms with E-state index in [0.717, 1.165) is 11.5 Å². The summed E-state index contributed by atoms with van der Waals surface area (Å²) in [6.45, 7) is 3.91. The Labute approximate surface area is 103 Å². The third-order valence-electron chi connectivity index (χ3n) is 2.52. The number of rotatable bonds is 3. The van der Waals surface area contributed by atoms with E-state index >= 15 is 0 Å². The summed E-state index contributed by atoms with van der Waals surface area (Å²) in [6.07, 6.45) is 3.66. The molecule has 2 heterocycles. The Morgan fingerprint density at radius 3 is 2.89 bits per heavy atom. The van der Waals surface area contributed by atoms with Crippen LogP contribution in [0, 0.1) is 0 Å². The minimum atomic E-state index is -1.34. The molecule has 6 nitrogen and oxygen atoms in total. The van der Waals surface area contributed by atoms with E-state index in [0.29, 0.717) is 5.65 Å². The molecule has 0 spiro atoms. The lowest BCUT2D eigenvalue weighted by Crippen LogP contribution is -2.19. The molecule has 2 aromatic heterocycles. The zero-order valence-corrected chi connectivity index (χ0v) is 10.0. The molecule has 6 heteroatoms. The summed E-state index contributed by atoms with van der Waals surface area (Å²) in [5, 5.41) is 15.2. The van der Waals surface area contributed by atoms with Gasteiger partial charge in [-0.1, -0.05) is 0 Å². The average Bonchev–Trinajstić information content (AvgIpc) is 2.68. The number of fused-ring (bicyclic) bond motifs is 1. The highest BCUT2D eigenvalue weighted by molar-refractivity contribution is 5.85. The van der Waals surface area contributed by atoms with Gasteiger partial charge in [-0.05, 0) is 32.1 Å². The number of nitrogens with zero attached hydrogens (tertiary/aromatic N) is 2. The van der Waals surface area contributed by atoms with Gasteiger partial charge in [-0.2, -0.15) is 5.10 Å². The molecular weight excluding hydrogens is 234 g/mol. The normalized spacial score (nSPS) is 11.7. The van der Waals surface area contributed by atoms with E-state index in [1.165, 1.54) is 6.08 Å². The molecule has 2 rings (SSSR count). The van der Waals surface area contributed by atoms with Crippen LogP contribution >= 0.6 is 0 Å². The Hall–Kier alpha value is -2.37. The van der Waals surface area contributed by atoms with Crippen LogP contribution in [0.1, 0.15) is 25.5 Å². The van der Waals surface area contributed by atoms with Gasteiger partial charge in [0.2, 0.25) is 0 Å². The van der Waals surface area contributed by atoms with Gasteiger partial charge in [0.05, 0.1) is 12.2 Å². The van der Waals surface area contributed by atoms with Gasteiger partial charge in [-0.25, -0.2) is 4.68 Å². The van der Waals surface area contributed by atoms with E-state index in [1.807, 2.05) is 13.8 Å². The van der Waals surface area contributed by atoms with E-state index in [-0.39, 0.29) is 17.2 Å². The molecule has 0 aliphatic carbocycles. The van der Waals surface area contributed by atoms with Gasteiger partial charge < -0.3 is 14.9 Å². The second kappa shape index (κ2) is 4.48. The Morgan fingerprint density at radius 2 is 2.28 bits per heavy atom. The van der Waals surface area contributed by atoms with Crippen LogP contribution in [0.4, 0.5) is 0 Å². The first-order valence-electron chi connectivity index (χ1n) is 5.48. The molecule has 0 saturated heterocycles. The van der Waals surface area contributed by atoms with Gasteiger partial charge in [-0.3, -0.25) is 4.79 Å². The number of hydrogen-bond donors (Lipinski definition) is 1. The van der Waals surface area contributed by atoms with Crippen molar-refractivity contribution in [1.82, 2.24) is 14.8 Å². The van der Waals surface area contributed by atoms with Crippen LogP contribution in [-0.2, 0) is 4.79 Å². The number of aliphatic carboxylic acids is 1. The number of aromatic nitrogens is 3. The molecule has 1 N–H and O–H groups in total. The van der Waals surface area contributed by atoms with E-state index in [1.54, 1.807) is 16.9 Å². The highest BCUT2D eigenvalue weighted by Crippen LogP contribution is 2.15. The second-order valence-corrected chi connectivity index (χ2v) is 4.19. The first kappa shape index (κ1) is 12.1. The monoisotopic (exact) mass is 246 g/mol. The number of carboxylic acids is 1. The fourth-order valence-corrected chi connectivity index (χ4v) is 1.70.